The molecule has 3 heterocycles. The third kappa shape index (κ3) is 3.72. The highest BCUT2D eigenvalue weighted by atomic mass is 35.5. The number of fused-ring (bicyclic) bond motifs is 1. The van der Waals surface area contributed by atoms with Crippen molar-refractivity contribution in [2.24, 2.45) is 0 Å². The van der Waals surface area contributed by atoms with Gasteiger partial charge < -0.3 is 0 Å². The topological polar surface area (TPSA) is 92.3 Å². The van der Waals surface area contributed by atoms with Crippen molar-refractivity contribution in [3.8, 4) is 22.4 Å². The molecule has 5 rings (SSSR count). The van der Waals surface area contributed by atoms with Crippen LogP contribution in [0.25, 0.3) is 28.0 Å². The van der Waals surface area contributed by atoms with Crippen molar-refractivity contribution in [2.45, 2.75) is 20.4 Å². The second-order valence-electron chi connectivity index (χ2n) is 8.08. The van der Waals surface area contributed by atoms with Crippen LogP contribution in [0.3, 0.4) is 0 Å². The highest BCUT2D eigenvalue weighted by Crippen LogP contribution is 2.33. The smallest absolute Gasteiger partial charge is 0.290 e. The molecule has 0 aliphatic rings. The first-order valence-corrected chi connectivity index (χ1v) is 11.0. The zero-order valence-electron chi connectivity index (χ0n) is 18.5. The molecule has 9 heteroatoms. The number of hydrogen-bond acceptors (Lipinski definition) is 4. The van der Waals surface area contributed by atoms with Crippen molar-refractivity contribution in [2.75, 3.05) is 5.73 Å². The molecular weight excluding hydrogens is 455 g/mol. The number of nitrogens with two attached hydrogens (primary N) is 1. The summed E-state index contributed by atoms with van der Waals surface area (Å²) in [7, 11) is 0. The van der Waals surface area contributed by atoms with E-state index in [1.807, 2.05) is 56.3 Å². The Bertz CT molecular complexity index is 1590. The van der Waals surface area contributed by atoms with Crippen LogP contribution in [-0.2, 0) is 6.54 Å². The van der Waals surface area contributed by atoms with E-state index in [4.69, 9.17) is 17.3 Å². The molecule has 0 unspecified atom stereocenters. The normalized spacial score (nSPS) is 11.3. The Morgan fingerprint density at radius 1 is 1.03 bits per heavy atom. The quantitative estimate of drug-likeness (QED) is 0.424. The summed E-state index contributed by atoms with van der Waals surface area (Å²) < 4.78 is 16.5. The van der Waals surface area contributed by atoms with E-state index < -0.39 is 11.5 Å². The van der Waals surface area contributed by atoms with Gasteiger partial charge in [-0.05, 0) is 43.2 Å². The van der Waals surface area contributed by atoms with E-state index >= 15 is 0 Å². The van der Waals surface area contributed by atoms with Crippen molar-refractivity contribution in [1.29, 1.82) is 0 Å². The van der Waals surface area contributed by atoms with Crippen LogP contribution >= 0.6 is 11.6 Å². The van der Waals surface area contributed by atoms with Gasteiger partial charge in [-0.2, -0.15) is 4.68 Å². The van der Waals surface area contributed by atoms with Gasteiger partial charge in [0.25, 0.3) is 0 Å². The van der Waals surface area contributed by atoms with Gasteiger partial charge in [0.2, 0.25) is 5.65 Å². The maximum atomic E-state index is 14.0. The number of nitrogens with zero attached hydrogens (tertiary/aromatic N) is 4. The first-order valence-electron chi connectivity index (χ1n) is 10.6. The molecule has 0 saturated carbocycles. The summed E-state index contributed by atoms with van der Waals surface area (Å²) in [5.74, 6) is -0.430. The molecule has 0 fully saturated rings. The van der Waals surface area contributed by atoms with Crippen LogP contribution in [0.4, 0.5) is 10.3 Å². The molecule has 0 bridgehead atoms. The molecular formula is C25H21ClFN6O+. The number of rotatable bonds is 4. The third-order valence-corrected chi connectivity index (χ3v) is 6.01. The van der Waals surface area contributed by atoms with Crippen molar-refractivity contribution in [3.63, 3.8) is 0 Å². The fraction of sp³-hybridized carbons (Fsp3) is 0.120. The Kier molecular flexibility index (Phi) is 5.37. The molecule has 3 aromatic heterocycles. The molecule has 7 nitrogen and oxygen atoms in total. The molecule has 2 aromatic carbocycles. The predicted octanol–water partition coefficient (Wildman–Crippen LogP) is 4.08. The van der Waals surface area contributed by atoms with Crippen LogP contribution in [0.15, 0.2) is 65.5 Å². The summed E-state index contributed by atoms with van der Waals surface area (Å²) >= 11 is 6.13. The number of anilines is 1. The van der Waals surface area contributed by atoms with Crippen LogP contribution in [-0.4, -0.2) is 19.2 Å². The third-order valence-electron chi connectivity index (χ3n) is 5.59. The number of nitrogens with one attached hydrogen (secondary N) is 1. The maximum absolute atomic E-state index is 14.0. The van der Waals surface area contributed by atoms with Crippen LogP contribution < -0.4 is 16.4 Å². The summed E-state index contributed by atoms with van der Waals surface area (Å²) in [4.78, 5) is 21.0. The molecule has 3 N–H and O–H groups in total. The molecule has 170 valence electrons. The number of halogens is 2. The van der Waals surface area contributed by atoms with Crippen molar-refractivity contribution < 1.29 is 9.37 Å². The second-order valence-corrected chi connectivity index (χ2v) is 8.45. The number of aromatic amines is 1. The molecule has 0 aliphatic heterocycles. The Balaban J connectivity index is 1.82. The molecule has 5 aromatic rings. The SMILES string of the molecule is Cc1cc(-c2c(-c3ccccc3)[nH+]c(N)n3c(=O)n(Cc4cccc(F)c4Cl)nc23)cc(C)n1. The van der Waals surface area contributed by atoms with Gasteiger partial charge in [-0.25, -0.2) is 14.2 Å². The lowest BCUT2D eigenvalue weighted by Gasteiger charge is -2.10. The maximum Gasteiger partial charge on any atom is 0.411 e. The molecule has 34 heavy (non-hydrogen) atoms. The fourth-order valence-electron chi connectivity index (χ4n) is 4.15. The Morgan fingerprint density at radius 3 is 2.44 bits per heavy atom. The molecule has 0 amide bonds. The Hall–Kier alpha value is -4.04. The van der Waals surface area contributed by atoms with E-state index in [1.54, 1.807) is 12.1 Å². The van der Waals surface area contributed by atoms with Gasteiger partial charge in [-0.15, -0.1) is 9.50 Å². The van der Waals surface area contributed by atoms with Crippen molar-refractivity contribution in [3.05, 3.63) is 98.9 Å². The van der Waals surface area contributed by atoms with Crippen LogP contribution in [0.2, 0.25) is 5.02 Å². The molecule has 0 spiro atoms. The largest absolute Gasteiger partial charge is 0.411 e. The Labute approximate surface area is 199 Å². The Morgan fingerprint density at radius 2 is 1.74 bits per heavy atom. The van der Waals surface area contributed by atoms with Crippen molar-refractivity contribution in [1.82, 2.24) is 19.2 Å². The zero-order chi connectivity index (χ0) is 24.0. The van der Waals surface area contributed by atoms with E-state index in [0.717, 1.165) is 28.2 Å². The standard InChI is InChI=1S/C25H20ClFN6O/c1-14-11-18(12-15(2)29-14)20-22(16-7-4-3-5-8-16)30-24(28)33-23(20)31-32(25(33)34)13-17-9-6-10-19(27)21(17)26/h3-12H,13H2,1-2H3,(H2,28,30)/p+1. The zero-order valence-corrected chi connectivity index (χ0v) is 19.3. The molecule has 0 aliphatic carbocycles. The van der Waals surface area contributed by atoms with Gasteiger partial charge >= 0.3 is 11.6 Å². The van der Waals surface area contributed by atoms with Gasteiger partial charge in [0.15, 0.2) is 0 Å². The van der Waals surface area contributed by atoms with Gasteiger partial charge in [0, 0.05) is 17.0 Å². The van der Waals surface area contributed by atoms with E-state index in [2.05, 4.69) is 15.1 Å². The minimum atomic E-state index is -0.557. The van der Waals surface area contributed by atoms with Gasteiger partial charge in [0.1, 0.15) is 11.5 Å². The number of aromatic nitrogens is 5. The first-order chi connectivity index (χ1) is 16.3. The average Bonchev–Trinajstić information content (AvgIpc) is 3.13. The van der Waals surface area contributed by atoms with Gasteiger partial charge in [0.05, 0.1) is 17.1 Å². The number of hydrogen-bond donors (Lipinski definition) is 1. The predicted molar refractivity (Wildman–Crippen MR) is 129 cm³/mol. The number of H-pyrrole nitrogens is 1. The molecule has 0 radical (unpaired) electrons. The average molecular weight is 476 g/mol. The van der Waals surface area contributed by atoms with Gasteiger partial charge in [-0.1, -0.05) is 54.1 Å². The summed E-state index contributed by atoms with van der Waals surface area (Å²) in [6.07, 6.45) is 0. The van der Waals surface area contributed by atoms with Crippen LogP contribution in [0, 0.1) is 19.7 Å². The summed E-state index contributed by atoms with van der Waals surface area (Å²) in [5, 5.41) is 4.58. The number of benzene rings is 2. The molecule has 0 saturated heterocycles. The number of aryl methyl sites for hydroxylation is 2. The first kappa shape index (κ1) is 21.8. The lowest BCUT2D eigenvalue weighted by Crippen LogP contribution is -2.28. The van der Waals surface area contributed by atoms with E-state index in [0.29, 0.717) is 16.8 Å². The lowest BCUT2D eigenvalue weighted by atomic mass is 9.99. The lowest BCUT2D eigenvalue weighted by molar-refractivity contribution is -0.351. The van der Waals surface area contributed by atoms with Crippen molar-refractivity contribution >= 4 is 23.2 Å². The minimum absolute atomic E-state index is 0.00887. The van der Waals surface area contributed by atoms with E-state index in [9.17, 15) is 9.18 Å². The highest BCUT2D eigenvalue weighted by Gasteiger charge is 2.26. The summed E-state index contributed by atoms with van der Waals surface area (Å²) in [5.41, 5.74) is 11.5. The molecule has 0 atom stereocenters. The van der Waals surface area contributed by atoms with E-state index in [1.165, 1.54) is 15.1 Å². The second kappa shape index (κ2) is 8.39. The number of nitrogen functional groups attached to an aromatic ring is 1. The van der Waals surface area contributed by atoms with E-state index in [-0.39, 0.29) is 17.5 Å². The van der Waals surface area contributed by atoms with Gasteiger partial charge in [-0.3, -0.25) is 10.7 Å². The van der Waals surface area contributed by atoms with Crippen LogP contribution in [0.5, 0.6) is 0 Å². The summed E-state index contributed by atoms with van der Waals surface area (Å²) in [6.45, 7) is 3.81. The number of pyridine rings is 1. The highest BCUT2D eigenvalue weighted by molar-refractivity contribution is 6.31. The summed E-state index contributed by atoms with van der Waals surface area (Å²) in [6, 6.07) is 18.0. The fourth-order valence-corrected chi connectivity index (χ4v) is 4.34. The monoisotopic (exact) mass is 475 g/mol. The minimum Gasteiger partial charge on any atom is -0.290 e. The van der Waals surface area contributed by atoms with Crippen LogP contribution in [0.1, 0.15) is 17.0 Å².